The second kappa shape index (κ2) is 7.90. The molecule has 4 aromatic rings. The van der Waals surface area contributed by atoms with E-state index in [1.165, 1.54) is 30.6 Å². The number of halogens is 1. The summed E-state index contributed by atoms with van der Waals surface area (Å²) >= 11 is 0. The molecule has 11 heteroatoms. The van der Waals surface area contributed by atoms with Gasteiger partial charge in [-0.25, -0.2) is 27.8 Å². The topological polar surface area (TPSA) is 140 Å². The highest BCUT2D eigenvalue weighted by Crippen LogP contribution is 2.29. The highest BCUT2D eigenvalue weighted by Gasteiger charge is 2.21. The fourth-order valence-electron chi connectivity index (χ4n) is 3.38. The molecule has 4 rings (SSSR count). The minimum absolute atomic E-state index is 0.0358. The number of hydrogen-bond donors (Lipinski definition) is 2. The lowest BCUT2D eigenvalue weighted by Gasteiger charge is -2.18. The number of anilines is 2. The van der Waals surface area contributed by atoms with E-state index in [0.717, 1.165) is 6.26 Å². The quantitative estimate of drug-likeness (QED) is 0.472. The number of nitrogens with two attached hydrogens (primary N) is 1. The number of sulfone groups is 1. The van der Waals surface area contributed by atoms with Crippen molar-refractivity contribution in [3.8, 4) is 11.8 Å². The molecule has 0 aliphatic rings. The highest BCUT2D eigenvalue weighted by atomic mass is 32.2. The number of nitrogens with zero attached hydrogens (tertiary/aromatic N) is 5. The summed E-state index contributed by atoms with van der Waals surface area (Å²) in [5, 5.41) is 12.5. The first-order valence-corrected chi connectivity index (χ1v) is 11.3. The van der Waals surface area contributed by atoms with E-state index in [4.69, 9.17) is 5.73 Å². The van der Waals surface area contributed by atoms with Gasteiger partial charge in [0.05, 0.1) is 22.0 Å². The predicted octanol–water partition coefficient (Wildman–Crippen LogP) is 2.99. The van der Waals surface area contributed by atoms with Gasteiger partial charge < -0.3 is 11.1 Å². The zero-order valence-electron chi connectivity index (χ0n) is 17.1. The summed E-state index contributed by atoms with van der Waals surface area (Å²) in [4.78, 5) is 12.6. The third kappa shape index (κ3) is 3.83. The van der Waals surface area contributed by atoms with Gasteiger partial charge in [0.15, 0.2) is 9.84 Å². The summed E-state index contributed by atoms with van der Waals surface area (Å²) in [6, 6.07) is 12.0. The zero-order valence-corrected chi connectivity index (χ0v) is 17.9. The number of benzene rings is 2. The molecule has 1 atom stereocenters. The summed E-state index contributed by atoms with van der Waals surface area (Å²) in [6.45, 7) is 1.79. The van der Waals surface area contributed by atoms with Crippen LogP contribution in [0.5, 0.6) is 0 Å². The number of nitriles is 1. The Morgan fingerprint density at radius 2 is 2.00 bits per heavy atom. The van der Waals surface area contributed by atoms with Crippen molar-refractivity contribution in [2.75, 3.05) is 17.3 Å². The van der Waals surface area contributed by atoms with Crippen LogP contribution in [0.1, 0.15) is 24.4 Å². The van der Waals surface area contributed by atoms with Gasteiger partial charge in [-0.1, -0.05) is 6.07 Å². The second-order valence-corrected chi connectivity index (χ2v) is 9.18. The molecular weight excluding hydrogens is 433 g/mol. The maximum atomic E-state index is 13.9. The van der Waals surface area contributed by atoms with Gasteiger partial charge in [0.25, 0.3) is 0 Å². The van der Waals surface area contributed by atoms with Crippen LogP contribution in [0, 0.1) is 17.1 Å². The van der Waals surface area contributed by atoms with Crippen LogP contribution in [-0.4, -0.2) is 34.2 Å². The molecule has 0 saturated carbocycles. The highest BCUT2D eigenvalue weighted by molar-refractivity contribution is 7.90. The van der Waals surface area contributed by atoms with Crippen molar-refractivity contribution in [3.05, 3.63) is 66.0 Å². The Labute approximate surface area is 183 Å². The lowest BCUT2D eigenvalue weighted by Crippen LogP contribution is -2.15. The van der Waals surface area contributed by atoms with Gasteiger partial charge in [0.2, 0.25) is 0 Å². The molecule has 0 fully saturated rings. The molecule has 3 N–H and O–H groups in total. The molecule has 0 radical (unpaired) electrons. The largest absolute Gasteiger partial charge is 0.382 e. The van der Waals surface area contributed by atoms with E-state index in [2.05, 4.69) is 20.3 Å². The number of rotatable bonds is 5. The molecular formula is C21H18FN7O2S. The minimum atomic E-state index is -3.45. The standard InChI is InChI=1S/C21H18FN7O2S/c1-12(27-20-16(10-23)19(24)25-11-26-20)21-28-17-8-13(22)6-7-18(17)29(21)14-4-3-5-15(9-14)32(2,30)31/h3-9,11-12H,1-2H3,(H3,24,25,26,27)/t12-/m0/s1. The summed E-state index contributed by atoms with van der Waals surface area (Å²) in [6.07, 6.45) is 2.36. The molecule has 0 amide bonds. The molecule has 9 nitrogen and oxygen atoms in total. The SMILES string of the molecule is C[C@H](Nc1ncnc(N)c1C#N)c1nc2cc(F)ccc2n1-c1cccc(S(C)(=O)=O)c1. The Balaban J connectivity index is 1.89. The first kappa shape index (κ1) is 21.2. The molecule has 0 spiro atoms. The number of fused-ring (bicyclic) bond motifs is 1. The van der Waals surface area contributed by atoms with Crippen LogP contribution in [0.15, 0.2) is 53.7 Å². The van der Waals surface area contributed by atoms with Crippen LogP contribution in [0.2, 0.25) is 0 Å². The number of nitrogens with one attached hydrogen (secondary N) is 1. The zero-order chi connectivity index (χ0) is 23.0. The number of nitrogen functional groups attached to an aromatic ring is 1. The van der Waals surface area contributed by atoms with Crippen molar-refractivity contribution in [1.82, 2.24) is 19.5 Å². The van der Waals surface area contributed by atoms with Crippen LogP contribution >= 0.6 is 0 Å². The third-order valence-electron chi connectivity index (χ3n) is 4.88. The number of imidazole rings is 1. The van der Waals surface area contributed by atoms with Crippen LogP contribution in [0.25, 0.3) is 16.7 Å². The minimum Gasteiger partial charge on any atom is -0.382 e. The fraction of sp³-hybridized carbons (Fsp3) is 0.143. The van der Waals surface area contributed by atoms with E-state index in [1.807, 2.05) is 6.07 Å². The van der Waals surface area contributed by atoms with Crippen molar-refractivity contribution in [3.63, 3.8) is 0 Å². The van der Waals surface area contributed by atoms with Gasteiger partial charge in [-0.05, 0) is 37.3 Å². The predicted molar refractivity (Wildman–Crippen MR) is 117 cm³/mol. The van der Waals surface area contributed by atoms with Crippen molar-refractivity contribution in [2.24, 2.45) is 0 Å². The molecule has 0 aliphatic heterocycles. The van der Waals surface area contributed by atoms with Crippen LogP contribution in [-0.2, 0) is 9.84 Å². The van der Waals surface area contributed by atoms with Crippen LogP contribution < -0.4 is 11.1 Å². The van der Waals surface area contributed by atoms with Crippen molar-refractivity contribution >= 4 is 32.5 Å². The van der Waals surface area contributed by atoms with E-state index in [9.17, 15) is 18.1 Å². The molecule has 0 saturated heterocycles. The lowest BCUT2D eigenvalue weighted by atomic mass is 10.2. The smallest absolute Gasteiger partial charge is 0.175 e. The van der Waals surface area contributed by atoms with Crippen molar-refractivity contribution in [2.45, 2.75) is 17.9 Å². The first-order valence-electron chi connectivity index (χ1n) is 9.44. The summed E-state index contributed by atoms with van der Waals surface area (Å²) in [7, 11) is -3.45. The van der Waals surface area contributed by atoms with E-state index in [-0.39, 0.29) is 22.1 Å². The van der Waals surface area contributed by atoms with Crippen LogP contribution in [0.3, 0.4) is 0 Å². The Kier molecular flexibility index (Phi) is 5.23. The maximum Gasteiger partial charge on any atom is 0.175 e. The average Bonchev–Trinajstić information content (AvgIpc) is 3.12. The maximum absolute atomic E-state index is 13.9. The second-order valence-electron chi connectivity index (χ2n) is 7.17. The van der Waals surface area contributed by atoms with Crippen molar-refractivity contribution in [1.29, 1.82) is 5.26 Å². The Bertz CT molecular complexity index is 1490. The number of aromatic nitrogens is 4. The third-order valence-corrected chi connectivity index (χ3v) is 5.99. The van der Waals surface area contributed by atoms with Gasteiger partial charge in [-0.2, -0.15) is 5.26 Å². The fourth-order valence-corrected chi connectivity index (χ4v) is 4.04. The van der Waals surface area contributed by atoms with E-state index < -0.39 is 21.7 Å². The Hall–Kier alpha value is -4.04. The monoisotopic (exact) mass is 451 g/mol. The van der Waals surface area contributed by atoms with Crippen LogP contribution in [0.4, 0.5) is 16.0 Å². The normalized spacial score (nSPS) is 12.4. The number of hydrogen-bond acceptors (Lipinski definition) is 8. The average molecular weight is 451 g/mol. The summed E-state index contributed by atoms with van der Waals surface area (Å²) < 4.78 is 39.8. The van der Waals surface area contributed by atoms with Gasteiger partial charge in [-0.3, -0.25) is 4.57 Å². The van der Waals surface area contributed by atoms with Gasteiger partial charge >= 0.3 is 0 Å². The van der Waals surface area contributed by atoms with E-state index in [1.54, 1.807) is 29.7 Å². The summed E-state index contributed by atoms with van der Waals surface area (Å²) in [5.41, 5.74) is 7.37. The molecule has 32 heavy (non-hydrogen) atoms. The van der Waals surface area contributed by atoms with Gasteiger partial charge in [0.1, 0.15) is 41.2 Å². The Morgan fingerprint density at radius 3 is 2.72 bits per heavy atom. The van der Waals surface area contributed by atoms with E-state index >= 15 is 0 Å². The molecule has 0 aliphatic carbocycles. The van der Waals surface area contributed by atoms with Gasteiger partial charge in [-0.15, -0.1) is 0 Å². The van der Waals surface area contributed by atoms with Gasteiger partial charge in [0, 0.05) is 18.0 Å². The molecule has 0 unspecified atom stereocenters. The Morgan fingerprint density at radius 1 is 1.22 bits per heavy atom. The lowest BCUT2D eigenvalue weighted by molar-refractivity contribution is 0.601. The molecule has 2 aromatic carbocycles. The van der Waals surface area contributed by atoms with E-state index in [0.29, 0.717) is 22.5 Å². The molecule has 2 aromatic heterocycles. The molecule has 0 bridgehead atoms. The first-order chi connectivity index (χ1) is 15.2. The van der Waals surface area contributed by atoms with Crippen molar-refractivity contribution < 1.29 is 12.8 Å². The summed E-state index contributed by atoms with van der Waals surface area (Å²) in [5.74, 6) is 0.266. The molecule has 2 heterocycles. The molecule has 162 valence electrons.